The average Bonchev–Trinajstić information content (AvgIpc) is 2.51. The van der Waals surface area contributed by atoms with E-state index in [1.54, 1.807) is 12.1 Å². The van der Waals surface area contributed by atoms with Gasteiger partial charge in [0.1, 0.15) is 6.54 Å². The van der Waals surface area contributed by atoms with Gasteiger partial charge >= 0.3 is 0 Å². The van der Waals surface area contributed by atoms with Crippen LogP contribution in [-0.2, 0) is 16.1 Å². The summed E-state index contributed by atoms with van der Waals surface area (Å²) in [5.74, 6) is -0.176. The molecule has 1 saturated heterocycles. The highest BCUT2D eigenvalue weighted by Crippen LogP contribution is 2.14. The summed E-state index contributed by atoms with van der Waals surface area (Å²) in [7, 11) is 0. The first kappa shape index (κ1) is 15.2. The molecule has 0 bridgehead atoms. The molecule has 6 nitrogen and oxygen atoms in total. The third-order valence-electron chi connectivity index (χ3n) is 3.69. The zero-order valence-electron chi connectivity index (χ0n) is 11.9. The fraction of sp³-hybridized carbons (Fsp3) is 0.400. The molecule has 1 fully saturated rings. The molecule has 1 amide bonds. The number of carbonyl (C=O) groups excluding carboxylic acids is 1. The maximum atomic E-state index is 12.4. The van der Waals surface area contributed by atoms with E-state index in [1.807, 2.05) is 6.07 Å². The molecule has 22 heavy (non-hydrogen) atoms. The van der Waals surface area contributed by atoms with Gasteiger partial charge in [0, 0.05) is 23.7 Å². The average molecular weight is 366 g/mol. The standard InChI is InChI=1S/C15H16BrN3O3/c16-10-1-2-13-12(7-10)15(21)19(9-17-13)8-14(20)18-11-3-5-22-6-4-11/h1-2,7,9,11H,3-6,8H2,(H,18,20). The van der Waals surface area contributed by atoms with Gasteiger partial charge in [-0.3, -0.25) is 14.2 Å². The van der Waals surface area contributed by atoms with Gasteiger partial charge in [-0.15, -0.1) is 0 Å². The van der Waals surface area contributed by atoms with Gasteiger partial charge in [0.2, 0.25) is 5.91 Å². The lowest BCUT2D eigenvalue weighted by atomic mass is 10.1. The molecule has 2 aromatic rings. The Morgan fingerprint density at radius 1 is 1.41 bits per heavy atom. The summed E-state index contributed by atoms with van der Waals surface area (Å²) < 4.78 is 7.40. The van der Waals surface area contributed by atoms with E-state index in [2.05, 4.69) is 26.2 Å². The number of nitrogens with zero attached hydrogens (tertiary/aromatic N) is 2. The Balaban J connectivity index is 1.77. The van der Waals surface area contributed by atoms with E-state index in [0.29, 0.717) is 24.1 Å². The molecule has 116 valence electrons. The van der Waals surface area contributed by atoms with Gasteiger partial charge in [0.15, 0.2) is 0 Å². The van der Waals surface area contributed by atoms with Crippen LogP contribution in [0.5, 0.6) is 0 Å². The molecule has 7 heteroatoms. The van der Waals surface area contributed by atoms with Crippen molar-refractivity contribution in [3.05, 3.63) is 39.4 Å². The first-order valence-corrected chi connectivity index (χ1v) is 7.94. The Labute approximate surface area is 135 Å². The number of hydrogen-bond donors (Lipinski definition) is 1. The Bertz CT molecular complexity index is 753. The molecule has 0 unspecified atom stereocenters. The van der Waals surface area contributed by atoms with Gasteiger partial charge in [0.25, 0.3) is 5.56 Å². The van der Waals surface area contributed by atoms with Crippen LogP contribution in [0, 0.1) is 0 Å². The van der Waals surface area contributed by atoms with Crippen molar-refractivity contribution in [3.8, 4) is 0 Å². The van der Waals surface area contributed by atoms with E-state index >= 15 is 0 Å². The molecule has 1 aliphatic rings. The van der Waals surface area contributed by atoms with E-state index in [9.17, 15) is 9.59 Å². The smallest absolute Gasteiger partial charge is 0.261 e. The molecule has 1 aromatic carbocycles. The fourth-order valence-corrected chi connectivity index (χ4v) is 2.87. The van der Waals surface area contributed by atoms with Crippen LogP contribution in [0.4, 0.5) is 0 Å². The second-order valence-corrected chi connectivity index (χ2v) is 6.21. The molecule has 0 saturated carbocycles. The zero-order valence-corrected chi connectivity index (χ0v) is 13.5. The second-order valence-electron chi connectivity index (χ2n) is 5.29. The van der Waals surface area contributed by atoms with E-state index in [1.165, 1.54) is 10.9 Å². The van der Waals surface area contributed by atoms with Crippen molar-refractivity contribution in [2.75, 3.05) is 13.2 Å². The molecule has 1 N–H and O–H groups in total. The molecule has 2 heterocycles. The lowest BCUT2D eigenvalue weighted by Gasteiger charge is -2.23. The molecule has 1 aromatic heterocycles. The van der Waals surface area contributed by atoms with Crippen molar-refractivity contribution in [3.63, 3.8) is 0 Å². The second kappa shape index (κ2) is 6.58. The van der Waals surface area contributed by atoms with Crippen LogP contribution >= 0.6 is 15.9 Å². The number of carbonyl (C=O) groups is 1. The maximum Gasteiger partial charge on any atom is 0.261 e. The van der Waals surface area contributed by atoms with Crippen LogP contribution in [0.15, 0.2) is 33.8 Å². The van der Waals surface area contributed by atoms with Gasteiger partial charge in [0.05, 0.1) is 17.2 Å². The monoisotopic (exact) mass is 365 g/mol. The lowest BCUT2D eigenvalue weighted by Crippen LogP contribution is -2.41. The Kier molecular flexibility index (Phi) is 4.54. The topological polar surface area (TPSA) is 73.2 Å². The number of amides is 1. The van der Waals surface area contributed by atoms with Crippen molar-refractivity contribution in [1.29, 1.82) is 0 Å². The Morgan fingerprint density at radius 3 is 2.95 bits per heavy atom. The van der Waals surface area contributed by atoms with Gasteiger partial charge in [-0.1, -0.05) is 15.9 Å². The minimum atomic E-state index is -0.214. The predicted octanol–water partition coefficient (Wildman–Crippen LogP) is 1.45. The minimum Gasteiger partial charge on any atom is -0.381 e. The highest BCUT2D eigenvalue weighted by atomic mass is 79.9. The lowest BCUT2D eigenvalue weighted by molar-refractivity contribution is -0.123. The predicted molar refractivity (Wildman–Crippen MR) is 85.7 cm³/mol. The quantitative estimate of drug-likeness (QED) is 0.893. The van der Waals surface area contributed by atoms with Crippen LogP contribution in [0.1, 0.15) is 12.8 Å². The first-order valence-electron chi connectivity index (χ1n) is 7.15. The van der Waals surface area contributed by atoms with Crippen molar-refractivity contribution in [2.45, 2.75) is 25.4 Å². The Morgan fingerprint density at radius 2 is 2.18 bits per heavy atom. The van der Waals surface area contributed by atoms with Crippen LogP contribution in [0.2, 0.25) is 0 Å². The van der Waals surface area contributed by atoms with Crippen LogP contribution in [0.25, 0.3) is 10.9 Å². The SMILES string of the molecule is O=C(Cn1cnc2ccc(Br)cc2c1=O)NC1CCOCC1. The number of fused-ring (bicyclic) bond motifs is 1. The highest BCUT2D eigenvalue weighted by Gasteiger charge is 2.16. The van der Waals surface area contributed by atoms with Crippen molar-refractivity contribution in [1.82, 2.24) is 14.9 Å². The number of halogens is 1. The number of hydrogen-bond acceptors (Lipinski definition) is 4. The molecule has 0 aliphatic carbocycles. The molecular formula is C15H16BrN3O3. The van der Waals surface area contributed by atoms with Gasteiger partial charge in [-0.25, -0.2) is 4.98 Å². The number of aromatic nitrogens is 2. The number of rotatable bonds is 3. The van der Waals surface area contributed by atoms with Gasteiger partial charge in [-0.2, -0.15) is 0 Å². The van der Waals surface area contributed by atoms with E-state index in [0.717, 1.165) is 17.3 Å². The van der Waals surface area contributed by atoms with Crippen molar-refractivity contribution < 1.29 is 9.53 Å². The summed E-state index contributed by atoms with van der Waals surface area (Å²) in [6.45, 7) is 1.30. The summed E-state index contributed by atoms with van der Waals surface area (Å²) in [5, 5.41) is 3.43. The molecular weight excluding hydrogens is 350 g/mol. The van der Waals surface area contributed by atoms with Crippen LogP contribution < -0.4 is 10.9 Å². The molecule has 0 radical (unpaired) electrons. The normalized spacial score (nSPS) is 15.9. The maximum absolute atomic E-state index is 12.4. The van der Waals surface area contributed by atoms with E-state index < -0.39 is 0 Å². The first-order chi connectivity index (χ1) is 10.6. The summed E-state index contributed by atoms with van der Waals surface area (Å²) in [6, 6.07) is 5.45. The third kappa shape index (κ3) is 3.36. The van der Waals surface area contributed by atoms with Crippen molar-refractivity contribution in [2.24, 2.45) is 0 Å². The number of benzene rings is 1. The molecule has 0 atom stereocenters. The van der Waals surface area contributed by atoms with Crippen molar-refractivity contribution >= 4 is 32.7 Å². The van der Waals surface area contributed by atoms with Crippen LogP contribution in [-0.4, -0.2) is 34.7 Å². The summed E-state index contributed by atoms with van der Waals surface area (Å²) in [6.07, 6.45) is 3.04. The number of nitrogens with one attached hydrogen (secondary N) is 1. The summed E-state index contributed by atoms with van der Waals surface area (Å²) in [4.78, 5) is 28.7. The van der Waals surface area contributed by atoms with Crippen LogP contribution in [0.3, 0.4) is 0 Å². The summed E-state index contributed by atoms with van der Waals surface area (Å²) in [5.41, 5.74) is 0.405. The number of ether oxygens (including phenoxy) is 1. The van der Waals surface area contributed by atoms with Gasteiger partial charge in [-0.05, 0) is 31.0 Å². The molecule has 1 aliphatic heterocycles. The van der Waals surface area contributed by atoms with Gasteiger partial charge < -0.3 is 10.1 Å². The Hall–Kier alpha value is -1.73. The zero-order chi connectivity index (χ0) is 15.5. The largest absolute Gasteiger partial charge is 0.381 e. The highest BCUT2D eigenvalue weighted by molar-refractivity contribution is 9.10. The fourth-order valence-electron chi connectivity index (χ4n) is 2.51. The minimum absolute atomic E-state index is 0.0222. The summed E-state index contributed by atoms with van der Waals surface area (Å²) >= 11 is 3.34. The molecule has 0 spiro atoms. The van der Waals surface area contributed by atoms with E-state index in [-0.39, 0.29) is 24.1 Å². The molecule has 3 rings (SSSR count). The third-order valence-corrected chi connectivity index (χ3v) is 4.18. The van der Waals surface area contributed by atoms with E-state index in [4.69, 9.17) is 4.74 Å².